The van der Waals surface area contributed by atoms with Crippen molar-refractivity contribution in [3.8, 4) is 5.75 Å². The minimum Gasteiger partial charge on any atom is -1.00 e. The number of phenolic OH excluding ortho intramolecular Hbond substituents is 1. The van der Waals surface area contributed by atoms with E-state index in [0.29, 0.717) is 6.07 Å². The molecule has 2 rings (SSSR count). The maximum atomic E-state index is 11.3. The van der Waals surface area contributed by atoms with Crippen molar-refractivity contribution >= 4 is 36.7 Å². The normalized spacial score (nSPS) is 12.1. The van der Waals surface area contributed by atoms with Crippen LogP contribution in [0.3, 0.4) is 0 Å². The van der Waals surface area contributed by atoms with E-state index in [2.05, 4.69) is 0 Å². The van der Waals surface area contributed by atoms with Crippen molar-refractivity contribution in [3.05, 3.63) is 24.3 Å². The van der Waals surface area contributed by atoms with Crippen molar-refractivity contribution in [1.82, 2.24) is 0 Å². The zero-order valence-corrected chi connectivity index (χ0v) is 14.3. The third kappa shape index (κ3) is 3.31. The van der Waals surface area contributed by atoms with Crippen molar-refractivity contribution in [2.24, 2.45) is 0 Å². The van der Waals surface area contributed by atoms with Gasteiger partial charge in [-0.25, -0.2) is 0 Å². The largest absolute Gasteiger partial charge is 1.00 e. The first-order valence-corrected chi connectivity index (χ1v) is 7.90. The molecular formula is C10H10NNaO7S2. The van der Waals surface area contributed by atoms with Crippen LogP contribution in [-0.2, 0) is 20.2 Å². The van der Waals surface area contributed by atoms with Gasteiger partial charge in [0.25, 0.3) is 20.2 Å². The van der Waals surface area contributed by atoms with E-state index in [1.807, 2.05) is 0 Å². The van der Waals surface area contributed by atoms with Crippen LogP contribution in [0, 0.1) is 0 Å². The van der Waals surface area contributed by atoms with Gasteiger partial charge in [0.2, 0.25) is 0 Å². The summed E-state index contributed by atoms with van der Waals surface area (Å²) in [5.41, 5.74) is 5.02. The number of hydrogen-bond acceptors (Lipinski definition) is 6. The summed E-state index contributed by atoms with van der Waals surface area (Å²) in [6.07, 6.45) is 0. The van der Waals surface area contributed by atoms with E-state index >= 15 is 0 Å². The van der Waals surface area contributed by atoms with Crippen LogP contribution >= 0.6 is 0 Å². The molecule has 11 heteroatoms. The number of nitrogen functional groups attached to an aromatic ring is 1. The van der Waals surface area contributed by atoms with Gasteiger partial charge in [0, 0.05) is 10.8 Å². The number of aromatic hydroxyl groups is 1. The number of rotatable bonds is 2. The van der Waals surface area contributed by atoms with Gasteiger partial charge in [0.15, 0.2) is 0 Å². The summed E-state index contributed by atoms with van der Waals surface area (Å²) in [7, 11) is -9.62. The summed E-state index contributed by atoms with van der Waals surface area (Å²) in [6, 6.07) is 4.20. The van der Waals surface area contributed by atoms with Crippen LogP contribution in [0.2, 0.25) is 0 Å². The van der Waals surface area contributed by atoms with Crippen LogP contribution in [0.4, 0.5) is 5.69 Å². The van der Waals surface area contributed by atoms with Gasteiger partial charge in [-0.05, 0) is 12.1 Å². The molecule has 0 radical (unpaired) electrons. The molecule has 0 saturated carbocycles. The topological polar surface area (TPSA) is 155 Å². The molecule has 0 fully saturated rings. The molecule has 0 bridgehead atoms. The van der Waals surface area contributed by atoms with E-state index in [4.69, 9.17) is 14.8 Å². The molecule has 0 aliphatic carbocycles. The Morgan fingerprint density at radius 3 is 2.00 bits per heavy atom. The fourth-order valence-electron chi connectivity index (χ4n) is 1.85. The molecule has 110 valence electrons. The Morgan fingerprint density at radius 2 is 1.52 bits per heavy atom. The molecule has 0 aromatic heterocycles. The summed E-state index contributed by atoms with van der Waals surface area (Å²) < 4.78 is 63.2. The number of phenols is 1. The molecule has 5 N–H and O–H groups in total. The van der Waals surface area contributed by atoms with Gasteiger partial charge in [0.1, 0.15) is 15.5 Å². The van der Waals surface area contributed by atoms with Crippen LogP contribution in [0.15, 0.2) is 34.1 Å². The molecule has 0 atom stereocenters. The molecule has 0 spiro atoms. The average molecular weight is 343 g/mol. The van der Waals surface area contributed by atoms with E-state index < -0.39 is 41.5 Å². The Kier molecular flexibility index (Phi) is 4.95. The Bertz CT molecular complexity index is 928. The first kappa shape index (κ1) is 18.2. The monoisotopic (exact) mass is 343 g/mol. The second-order valence-corrected chi connectivity index (χ2v) is 6.72. The minimum atomic E-state index is -4.84. The predicted molar refractivity (Wildman–Crippen MR) is 70.8 cm³/mol. The first-order chi connectivity index (χ1) is 9.03. The van der Waals surface area contributed by atoms with Crippen LogP contribution in [0.5, 0.6) is 5.75 Å². The van der Waals surface area contributed by atoms with Crippen LogP contribution < -0.4 is 35.3 Å². The molecule has 0 saturated heterocycles. The first-order valence-electron chi connectivity index (χ1n) is 5.02. The van der Waals surface area contributed by atoms with Crippen molar-refractivity contribution in [3.63, 3.8) is 0 Å². The Labute approximate surface area is 143 Å². The Hall–Kier alpha value is -0.880. The van der Waals surface area contributed by atoms with Crippen molar-refractivity contribution in [1.29, 1.82) is 0 Å². The van der Waals surface area contributed by atoms with Gasteiger partial charge in [0.05, 0.1) is 5.69 Å². The number of hydrogen-bond donors (Lipinski definition) is 4. The molecule has 0 heterocycles. The summed E-state index contributed by atoms with van der Waals surface area (Å²) in [5.74, 6) is -0.490. The zero-order valence-electron chi connectivity index (χ0n) is 11.7. The minimum absolute atomic E-state index is 0. The van der Waals surface area contributed by atoms with Gasteiger partial charge in [-0.1, -0.05) is 12.1 Å². The van der Waals surface area contributed by atoms with Crippen LogP contribution in [0.1, 0.15) is 1.43 Å². The number of anilines is 1. The predicted octanol–water partition coefficient (Wildman–Crippen LogP) is -2.26. The van der Waals surface area contributed by atoms with E-state index in [1.54, 1.807) is 0 Å². The van der Waals surface area contributed by atoms with Crippen LogP contribution in [0.25, 0.3) is 10.8 Å². The fraction of sp³-hybridized carbons (Fsp3) is 0. The molecule has 2 aromatic rings. The molecule has 0 aliphatic heterocycles. The van der Waals surface area contributed by atoms with E-state index in [9.17, 15) is 21.9 Å². The molecule has 8 nitrogen and oxygen atoms in total. The second kappa shape index (κ2) is 5.72. The maximum absolute atomic E-state index is 11.3. The molecular weight excluding hydrogens is 333 g/mol. The summed E-state index contributed by atoms with van der Waals surface area (Å²) in [6.45, 7) is 0. The van der Waals surface area contributed by atoms with Gasteiger partial charge >= 0.3 is 29.6 Å². The van der Waals surface area contributed by atoms with Crippen molar-refractivity contribution in [2.45, 2.75) is 9.79 Å². The standard InChI is InChI=1S/C10H9NO7S2.Na.H/c11-10-8(20(16,17)18)4-7(19(13,14)15)5-2-1-3-6(12)9(5)10;;/h1-4,12H,11H2,(H,13,14,15)(H,16,17,18);;/q;+1;-1. The van der Waals surface area contributed by atoms with Gasteiger partial charge < -0.3 is 12.3 Å². The van der Waals surface area contributed by atoms with Gasteiger partial charge in [-0.15, -0.1) is 0 Å². The SMILES string of the molecule is Nc1c(S(=O)(=O)O)cc(S(=O)(=O)O)c2cccc(O)c12.[H-].[Na+]. The quantitative estimate of drug-likeness (QED) is 0.270. The van der Waals surface area contributed by atoms with Gasteiger partial charge in [-0.2, -0.15) is 16.8 Å². The van der Waals surface area contributed by atoms with Crippen molar-refractivity contribution in [2.75, 3.05) is 5.73 Å². The van der Waals surface area contributed by atoms with Crippen LogP contribution in [-0.4, -0.2) is 31.0 Å². The van der Waals surface area contributed by atoms with Gasteiger partial charge in [-0.3, -0.25) is 9.11 Å². The zero-order chi connectivity index (χ0) is 15.3. The molecule has 0 aliphatic rings. The summed E-state index contributed by atoms with van der Waals surface area (Å²) in [4.78, 5) is -1.70. The average Bonchev–Trinajstić information content (AvgIpc) is 2.25. The Balaban J connectivity index is 0.00000220. The Morgan fingerprint density at radius 1 is 1.00 bits per heavy atom. The summed E-state index contributed by atoms with van der Waals surface area (Å²) >= 11 is 0. The molecule has 21 heavy (non-hydrogen) atoms. The summed E-state index contributed by atoms with van der Waals surface area (Å²) in [5, 5.41) is 9.23. The smallest absolute Gasteiger partial charge is 1.00 e. The maximum Gasteiger partial charge on any atom is 1.00 e. The third-order valence-electron chi connectivity index (χ3n) is 2.66. The van der Waals surface area contributed by atoms with E-state index in [0.717, 1.165) is 6.07 Å². The van der Waals surface area contributed by atoms with Crippen molar-refractivity contribution < 1.29 is 62.0 Å². The number of benzene rings is 2. The van der Waals surface area contributed by atoms with E-state index in [1.165, 1.54) is 12.1 Å². The fourth-order valence-corrected chi connectivity index (χ4v) is 3.29. The number of nitrogens with two attached hydrogens (primary N) is 1. The molecule has 0 amide bonds. The third-order valence-corrected chi connectivity index (χ3v) is 4.45. The second-order valence-electron chi connectivity index (χ2n) is 3.94. The van der Waals surface area contributed by atoms with E-state index in [-0.39, 0.29) is 41.8 Å². The molecule has 0 unspecified atom stereocenters. The molecule has 2 aromatic carbocycles. The number of fused-ring (bicyclic) bond motifs is 1.